The van der Waals surface area contributed by atoms with Gasteiger partial charge in [-0.2, -0.15) is 0 Å². The highest BCUT2D eigenvalue weighted by Crippen LogP contribution is 2.40. The normalized spacial score (nSPS) is 21.5. The number of phenolic OH excluding ortho intramolecular Hbond substituents is 1. The lowest BCUT2D eigenvalue weighted by molar-refractivity contribution is -0.141. The highest BCUT2D eigenvalue weighted by Gasteiger charge is 2.38. The minimum absolute atomic E-state index is 0. The summed E-state index contributed by atoms with van der Waals surface area (Å²) in [6, 6.07) is 7.59. The number of aromatic hydroxyl groups is 1. The van der Waals surface area contributed by atoms with Crippen molar-refractivity contribution in [2.75, 3.05) is 32.7 Å². The van der Waals surface area contributed by atoms with Gasteiger partial charge in [0.25, 0.3) is 0 Å². The molecule has 4 N–H and O–H groups in total. The fourth-order valence-electron chi connectivity index (χ4n) is 4.22. The van der Waals surface area contributed by atoms with Crippen LogP contribution in [0.5, 0.6) is 5.75 Å². The van der Waals surface area contributed by atoms with Crippen molar-refractivity contribution in [1.29, 1.82) is 0 Å². The molecule has 0 bridgehead atoms. The van der Waals surface area contributed by atoms with E-state index >= 15 is 0 Å². The molecule has 1 aromatic carbocycles. The number of carboxylic acids is 1. The van der Waals surface area contributed by atoms with E-state index < -0.39 is 5.97 Å². The monoisotopic (exact) mass is 436 g/mol. The van der Waals surface area contributed by atoms with E-state index in [0.29, 0.717) is 30.7 Å². The molecule has 7 nitrogen and oxygen atoms in total. The van der Waals surface area contributed by atoms with Crippen molar-refractivity contribution in [1.82, 2.24) is 9.80 Å². The molecular weight excluding hydrogens is 396 g/mol. The fourth-order valence-corrected chi connectivity index (χ4v) is 4.22. The number of phenols is 1. The summed E-state index contributed by atoms with van der Waals surface area (Å²) in [6.45, 7) is 12.8. The maximum Gasteiger partial charge on any atom is 0.303 e. The predicted octanol–water partition coefficient (Wildman–Crippen LogP) is 2.91. The third-order valence-corrected chi connectivity index (χ3v) is 6.64. The number of hydrogen-bond acceptors (Lipinski definition) is 4. The maximum atomic E-state index is 12.5. The van der Waals surface area contributed by atoms with Gasteiger partial charge in [0.05, 0.1) is 6.42 Å². The quantitative estimate of drug-likeness (QED) is 0.586. The Morgan fingerprint density at radius 2 is 1.97 bits per heavy atom. The highest BCUT2D eigenvalue weighted by atomic mass is 16.4. The summed E-state index contributed by atoms with van der Waals surface area (Å²) in [4.78, 5) is 27.6. The van der Waals surface area contributed by atoms with E-state index in [-0.39, 0.29) is 29.6 Å². The molecule has 0 aliphatic carbocycles. The first-order chi connectivity index (χ1) is 14.1. The molecule has 1 saturated heterocycles. The zero-order chi connectivity index (χ0) is 22.3. The van der Waals surface area contributed by atoms with Gasteiger partial charge in [0, 0.05) is 32.6 Å². The van der Waals surface area contributed by atoms with Gasteiger partial charge in [0.1, 0.15) is 5.75 Å². The summed E-state index contributed by atoms with van der Waals surface area (Å²) in [5.74, 6) is 0.234. The topological polar surface area (TPSA) is 113 Å². The molecule has 1 aliphatic heterocycles. The number of nitrogens with zero attached hydrogens (tertiary/aromatic N) is 2. The Hall–Kier alpha value is -2.12. The third-order valence-electron chi connectivity index (χ3n) is 6.64. The number of carbonyl (C=O) groups is 2. The van der Waals surface area contributed by atoms with Gasteiger partial charge >= 0.3 is 5.97 Å². The standard InChI is InChI=1S/C24H38N2O4.H2O/c1-18(2)10-12-26(22(28)8-9-23(29)30)15-14-25-13-11-24(4,19(3)17-25)20-6-5-7-21(27)16-20;/h5-7,16,18-19,27H,8-15,17H2,1-4H3,(H,29,30);1H2. The Morgan fingerprint density at radius 3 is 2.55 bits per heavy atom. The lowest BCUT2D eigenvalue weighted by Crippen LogP contribution is -2.49. The second-order valence-corrected chi connectivity index (χ2v) is 9.38. The number of likely N-dealkylation sites (tertiary alicyclic amines) is 1. The van der Waals surface area contributed by atoms with E-state index in [2.05, 4.69) is 38.7 Å². The smallest absolute Gasteiger partial charge is 0.303 e. The van der Waals surface area contributed by atoms with Gasteiger partial charge < -0.3 is 25.5 Å². The molecule has 1 aliphatic rings. The van der Waals surface area contributed by atoms with Crippen LogP contribution in [0.2, 0.25) is 0 Å². The number of benzene rings is 1. The predicted molar refractivity (Wildman–Crippen MR) is 122 cm³/mol. The minimum Gasteiger partial charge on any atom is -0.508 e. The molecule has 1 fully saturated rings. The van der Waals surface area contributed by atoms with Crippen LogP contribution in [0.1, 0.15) is 58.9 Å². The molecule has 1 heterocycles. The average molecular weight is 437 g/mol. The summed E-state index contributed by atoms with van der Waals surface area (Å²) in [5, 5.41) is 18.8. The molecule has 1 amide bonds. The fraction of sp³-hybridized carbons (Fsp3) is 0.667. The molecule has 0 aromatic heterocycles. The van der Waals surface area contributed by atoms with Crippen LogP contribution in [-0.4, -0.2) is 70.1 Å². The number of rotatable bonds is 10. The van der Waals surface area contributed by atoms with Crippen molar-refractivity contribution in [3.63, 3.8) is 0 Å². The van der Waals surface area contributed by atoms with Gasteiger partial charge in [0.15, 0.2) is 0 Å². The van der Waals surface area contributed by atoms with Crippen LogP contribution < -0.4 is 0 Å². The summed E-state index contributed by atoms with van der Waals surface area (Å²) >= 11 is 0. The Morgan fingerprint density at radius 1 is 1.26 bits per heavy atom. The largest absolute Gasteiger partial charge is 0.508 e. The summed E-state index contributed by atoms with van der Waals surface area (Å²) < 4.78 is 0. The van der Waals surface area contributed by atoms with Gasteiger partial charge in [0.2, 0.25) is 5.91 Å². The first-order valence-corrected chi connectivity index (χ1v) is 11.1. The molecular formula is C24H40N2O5. The van der Waals surface area contributed by atoms with Crippen molar-refractivity contribution < 1.29 is 25.3 Å². The van der Waals surface area contributed by atoms with E-state index in [1.807, 2.05) is 17.0 Å². The van der Waals surface area contributed by atoms with Crippen molar-refractivity contribution in [3.8, 4) is 5.75 Å². The van der Waals surface area contributed by atoms with Crippen molar-refractivity contribution >= 4 is 11.9 Å². The molecule has 2 unspecified atom stereocenters. The van der Waals surface area contributed by atoms with Crippen LogP contribution in [0.4, 0.5) is 0 Å². The molecule has 1 aromatic rings. The maximum absolute atomic E-state index is 12.5. The zero-order valence-corrected chi connectivity index (χ0v) is 19.4. The van der Waals surface area contributed by atoms with Gasteiger partial charge in [-0.3, -0.25) is 9.59 Å². The molecule has 0 radical (unpaired) electrons. The van der Waals surface area contributed by atoms with E-state index in [0.717, 1.165) is 32.5 Å². The number of piperidine rings is 1. The first-order valence-electron chi connectivity index (χ1n) is 11.1. The van der Waals surface area contributed by atoms with Crippen LogP contribution in [0.15, 0.2) is 24.3 Å². The van der Waals surface area contributed by atoms with Crippen molar-refractivity contribution in [3.05, 3.63) is 29.8 Å². The number of amides is 1. The second kappa shape index (κ2) is 12.1. The Kier molecular flexibility index (Phi) is 10.5. The third kappa shape index (κ3) is 7.82. The number of carbonyl (C=O) groups excluding carboxylic acids is 1. The van der Waals surface area contributed by atoms with Crippen LogP contribution in [0.3, 0.4) is 0 Å². The number of hydrogen-bond donors (Lipinski definition) is 2. The number of aliphatic carboxylic acids is 1. The molecule has 31 heavy (non-hydrogen) atoms. The molecule has 0 spiro atoms. The van der Waals surface area contributed by atoms with Crippen LogP contribution in [0, 0.1) is 11.8 Å². The van der Waals surface area contributed by atoms with Gasteiger partial charge in [-0.15, -0.1) is 0 Å². The first kappa shape index (κ1) is 26.9. The molecule has 0 saturated carbocycles. The van der Waals surface area contributed by atoms with Crippen LogP contribution >= 0.6 is 0 Å². The Labute approximate surface area is 186 Å². The van der Waals surface area contributed by atoms with E-state index in [4.69, 9.17) is 5.11 Å². The lowest BCUT2D eigenvalue weighted by atomic mass is 9.68. The molecule has 176 valence electrons. The zero-order valence-electron chi connectivity index (χ0n) is 19.4. The number of carboxylic acid groups (broad SMARTS) is 1. The van der Waals surface area contributed by atoms with E-state index in [9.17, 15) is 14.7 Å². The van der Waals surface area contributed by atoms with Crippen molar-refractivity contribution in [2.24, 2.45) is 11.8 Å². The van der Waals surface area contributed by atoms with Gasteiger partial charge in [-0.1, -0.05) is 39.8 Å². The highest BCUT2D eigenvalue weighted by molar-refractivity contribution is 5.80. The van der Waals surface area contributed by atoms with Gasteiger partial charge in [-0.05, 0) is 54.3 Å². The van der Waals surface area contributed by atoms with Crippen LogP contribution in [0.25, 0.3) is 0 Å². The van der Waals surface area contributed by atoms with Crippen molar-refractivity contribution in [2.45, 2.75) is 58.8 Å². The summed E-state index contributed by atoms with van der Waals surface area (Å²) in [5.41, 5.74) is 1.20. The summed E-state index contributed by atoms with van der Waals surface area (Å²) in [6.07, 6.45) is 1.88. The molecule has 7 heteroatoms. The molecule has 2 rings (SSSR count). The Balaban J connectivity index is 0.00000480. The SMILES string of the molecule is CC(C)CCN(CCN1CCC(C)(c2cccc(O)c2)C(C)C1)C(=O)CCC(=O)O.O. The average Bonchev–Trinajstić information content (AvgIpc) is 2.68. The summed E-state index contributed by atoms with van der Waals surface area (Å²) in [7, 11) is 0. The van der Waals surface area contributed by atoms with Crippen LogP contribution in [-0.2, 0) is 15.0 Å². The minimum atomic E-state index is -0.928. The molecule has 2 atom stereocenters. The van der Waals surface area contributed by atoms with E-state index in [1.54, 1.807) is 6.07 Å². The van der Waals surface area contributed by atoms with Gasteiger partial charge in [-0.25, -0.2) is 0 Å². The van der Waals surface area contributed by atoms with E-state index in [1.165, 1.54) is 5.56 Å². The Bertz CT molecular complexity index is 724. The lowest BCUT2D eigenvalue weighted by Gasteiger charge is -2.45. The second-order valence-electron chi connectivity index (χ2n) is 9.38.